The van der Waals surface area contributed by atoms with E-state index >= 15 is 0 Å². The first-order chi connectivity index (χ1) is 8.66. The van der Waals surface area contributed by atoms with Gasteiger partial charge in [0.2, 0.25) is 5.91 Å². The summed E-state index contributed by atoms with van der Waals surface area (Å²) in [7, 11) is 1.71. The van der Waals surface area contributed by atoms with E-state index in [2.05, 4.69) is 20.8 Å². The maximum Gasteiger partial charge on any atom is 0.228 e. The van der Waals surface area contributed by atoms with Crippen molar-refractivity contribution in [3.05, 3.63) is 41.7 Å². The van der Waals surface area contributed by atoms with Gasteiger partial charge in [-0.1, -0.05) is 30.3 Å². The van der Waals surface area contributed by atoms with Gasteiger partial charge in [-0.15, -0.1) is 5.10 Å². The monoisotopic (exact) mass is 245 g/mol. The van der Waals surface area contributed by atoms with Crippen LogP contribution in [0.4, 0.5) is 0 Å². The van der Waals surface area contributed by atoms with Crippen molar-refractivity contribution in [1.82, 2.24) is 25.5 Å². The number of carbonyl (C=O) groups excluding carboxylic acids is 1. The Bertz CT molecular complexity index is 522. The van der Waals surface area contributed by atoms with Crippen LogP contribution >= 0.6 is 0 Å². The lowest BCUT2D eigenvalue weighted by molar-refractivity contribution is -0.121. The fraction of sp³-hybridized carbons (Fsp3) is 0.333. The van der Waals surface area contributed by atoms with Crippen LogP contribution in [-0.2, 0) is 18.3 Å². The summed E-state index contributed by atoms with van der Waals surface area (Å²) in [4.78, 5) is 11.8. The molecule has 94 valence electrons. The van der Waals surface area contributed by atoms with E-state index in [1.165, 1.54) is 4.68 Å². The Balaban J connectivity index is 1.94. The van der Waals surface area contributed by atoms with Gasteiger partial charge in [0.15, 0.2) is 5.82 Å². The Kier molecular flexibility index (Phi) is 3.66. The lowest BCUT2D eigenvalue weighted by Crippen LogP contribution is -2.29. The van der Waals surface area contributed by atoms with E-state index in [4.69, 9.17) is 0 Å². The van der Waals surface area contributed by atoms with Gasteiger partial charge in [0.25, 0.3) is 0 Å². The van der Waals surface area contributed by atoms with E-state index in [-0.39, 0.29) is 18.4 Å². The molecule has 0 fully saturated rings. The number of nitrogens with zero attached hydrogens (tertiary/aromatic N) is 4. The Morgan fingerprint density at radius 1 is 1.39 bits per heavy atom. The number of hydrogen-bond acceptors (Lipinski definition) is 4. The number of hydrogen-bond donors (Lipinski definition) is 1. The molecular weight excluding hydrogens is 230 g/mol. The van der Waals surface area contributed by atoms with Crippen LogP contribution in [0.3, 0.4) is 0 Å². The minimum absolute atomic E-state index is 0.0279. The zero-order chi connectivity index (χ0) is 13.0. The molecule has 2 rings (SSSR count). The van der Waals surface area contributed by atoms with Crippen molar-refractivity contribution >= 4 is 5.91 Å². The third-order valence-corrected chi connectivity index (χ3v) is 2.70. The molecule has 0 saturated carbocycles. The van der Waals surface area contributed by atoms with Gasteiger partial charge < -0.3 is 5.32 Å². The van der Waals surface area contributed by atoms with Crippen molar-refractivity contribution in [2.45, 2.75) is 19.4 Å². The second-order valence-electron chi connectivity index (χ2n) is 4.10. The first-order valence-corrected chi connectivity index (χ1v) is 5.72. The van der Waals surface area contributed by atoms with Crippen LogP contribution in [0, 0.1) is 0 Å². The Hall–Kier alpha value is -2.24. The zero-order valence-electron chi connectivity index (χ0n) is 10.4. The molecule has 18 heavy (non-hydrogen) atoms. The topological polar surface area (TPSA) is 72.7 Å². The van der Waals surface area contributed by atoms with Gasteiger partial charge in [0.05, 0.1) is 12.5 Å². The number of nitrogens with one attached hydrogen (secondary N) is 1. The smallest absolute Gasteiger partial charge is 0.228 e. The minimum Gasteiger partial charge on any atom is -0.349 e. The molecule has 0 radical (unpaired) electrons. The predicted octanol–water partition coefficient (Wildman–Crippen LogP) is 0.630. The lowest BCUT2D eigenvalue weighted by Gasteiger charge is -2.13. The maximum atomic E-state index is 11.8. The summed E-state index contributed by atoms with van der Waals surface area (Å²) in [5.41, 5.74) is 1.07. The van der Waals surface area contributed by atoms with Gasteiger partial charge in [-0.25, -0.2) is 4.68 Å². The summed E-state index contributed by atoms with van der Waals surface area (Å²) >= 11 is 0. The van der Waals surface area contributed by atoms with Crippen molar-refractivity contribution in [3.63, 3.8) is 0 Å². The van der Waals surface area contributed by atoms with E-state index < -0.39 is 0 Å². The third kappa shape index (κ3) is 2.91. The first kappa shape index (κ1) is 12.2. The van der Waals surface area contributed by atoms with E-state index in [9.17, 15) is 4.79 Å². The third-order valence-electron chi connectivity index (χ3n) is 2.70. The highest BCUT2D eigenvalue weighted by Crippen LogP contribution is 2.11. The van der Waals surface area contributed by atoms with Gasteiger partial charge in [-0.3, -0.25) is 4.79 Å². The van der Waals surface area contributed by atoms with Crippen molar-refractivity contribution in [2.24, 2.45) is 7.05 Å². The van der Waals surface area contributed by atoms with Gasteiger partial charge in [-0.05, 0) is 22.9 Å². The number of rotatable bonds is 4. The molecule has 1 aromatic heterocycles. The van der Waals surface area contributed by atoms with Crippen LogP contribution in [0.15, 0.2) is 30.3 Å². The van der Waals surface area contributed by atoms with Crippen LogP contribution < -0.4 is 5.32 Å². The quantitative estimate of drug-likeness (QED) is 0.857. The summed E-state index contributed by atoms with van der Waals surface area (Å²) in [6, 6.07) is 9.78. The molecule has 0 bridgehead atoms. The molecule has 1 amide bonds. The van der Waals surface area contributed by atoms with Crippen molar-refractivity contribution < 1.29 is 4.79 Å². The SMILES string of the molecule is CC(NC(=O)Cc1nnnn1C)c1ccccc1. The molecule has 1 heterocycles. The normalized spacial score (nSPS) is 12.1. The number of aromatic nitrogens is 4. The van der Waals surface area contributed by atoms with Crippen molar-refractivity contribution in [3.8, 4) is 0 Å². The second kappa shape index (κ2) is 5.39. The molecule has 6 heteroatoms. The fourth-order valence-electron chi connectivity index (χ4n) is 1.66. The molecule has 1 unspecified atom stereocenters. The summed E-state index contributed by atoms with van der Waals surface area (Å²) in [5.74, 6) is 0.456. The molecule has 0 aliphatic carbocycles. The Labute approximate surface area is 105 Å². The van der Waals surface area contributed by atoms with Gasteiger partial charge in [-0.2, -0.15) is 0 Å². The highest BCUT2D eigenvalue weighted by molar-refractivity contribution is 5.78. The molecule has 1 aromatic carbocycles. The predicted molar refractivity (Wildman–Crippen MR) is 65.5 cm³/mol. The number of aryl methyl sites for hydroxylation is 1. The maximum absolute atomic E-state index is 11.8. The van der Waals surface area contributed by atoms with Crippen LogP contribution in [0.25, 0.3) is 0 Å². The van der Waals surface area contributed by atoms with Gasteiger partial charge >= 0.3 is 0 Å². The summed E-state index contributed by atoms with van der Waals surface area (Å²) < 4.78 is 1.49. The zero-order valence-corrected chi connectivity index (χ0v) is 10.4. The minimum atomic E-state index is -0.0933. The summed E-state index contributed by atoms with van der Waals surface area (Å²) in [6.45, 7) is 1.95. The van der Waals surface area contributed by atoms with E-state index in [1.54, 1.807) is 7.05 Å². The molecule has 0 aliphatic rings. The highest BCUT2D eigenvalue weighted by Gasteiger charge is 2.12. The lowest BCUT2D eigenvalue weighted by atomic mass is 10.1. The van der Waals surface area contributed by atoms with Crippen LogP contribution in [0.5, 0.6) is 0 Å². The number of carbonyl (C=O) groups is 1. The molecule has 0 saturated heterocycles. The average molecular weight is 245 g/mol. The standard InChI is InChI=1S/C12H15N5O/c1-9(10-6-4-3-5-7-10)13-12(18)8-11-14-15-16-17(11)2/h3-7,9H,8H2,1-2H3,(H,13,18). The fourth-order valence-corrected chi connectivity index (χ4v) is 1.66. The number of tetrazole rings is 1. The summed E-state index contributed by atoms with van der Waals surface area (Å²) in [6.07, 6.45) is 0.181. The number of benzene rings is 1. The molecule has 2 aromatic rings. The molecule has 0 aliphatic heterocycles. The van der Waals surface area contributed by atoms with E-state index in [1.807, 2.05) is 37.3 Å². The Morgan fingerprint density at radius 3 is 2.72 bits per heavy atom. The second-order valence-corrected chi connectivity index (χ2v) is 4.10. The van der Waals surface area contributed by atoms with Gasteiger partial charge in [0.1, 0.15) is 0 Å². The molecular formula is C12H15N5O. The van der Waals surface area contributed by atoms with Crippen LogP contribution in [0.1, 0.15) is 24.4 Å². The van der Waals surface area contributed by atoms with E-state index in [0.717, 1.165) is 5.56 Å². The number of amides is 1. The van der Waals surface area contributed by atoms with Crippen molar-refractivity contribution in [2.75, 3.05) is 0 Å². The molecule has 0 spiro atoms. The largest absolute Gasteiger partial charge is 0.349 e. The Morgan fingerprint density at radius 2 is 2.11 bits per heavy atom. The van der Waals surface area contributed by atoms with Crippen molar-refractivity contribution in [1.29, 1.82) is 0 Å². The highest BCUT2D eigenvalue weighted by atomic mass is 16.1. The van der Waals surface area contributed by atoms with Crippen LogP contribution in [0.2, 0.25) is 0 Å². The summed E-state index contributed by atoms with van der Waals surface area (Å²) in [5, 5.41) is 13.9. The van der Waals surface area contributed by atoms with Gasteiger partial charge in [0, 0.05) is 7.05 Å². The average Bonchev–Trinajstić information content (AvgIpc) is 2.76. The molecule has 1 atom stereocenters. The molecule has 1 N–H and O–H groups in total. The van der Waals surface area contributed by atoms with E-state index in [0.29, 0.717) is 5.82 Å². The molecule has 6 nitrogen and oxygen atoms in total. The first-order valence-electron chi connectivity index (χ1n) is 5.72. The van der Waals surface area contributed by atoms with Crippen LogP contribution in [-0.4, -0.2) is 26.1 Å².